The molecule has 0 saturated heterocycles. The number of pyridine rings is 1. The van der Waals surface area contributed by atoms with E-state index in [9.17, 15) is 0 Å². The average Bonchev–Trinajstić information content (AvgIpc) is 3.99. The molecular weight excluding hydrogens is 924 g/mol. The summed E-state index contributed by atoms with van der Waals surface area (Å²) in [5.41, 5.74) is 14.5. The van der Waals surface area contributed by atoms with E-state index in [-0.39, 0.29) is 27.7 Å². The molecule has 61 heavy (non-hydrogen) atoms. The SMILES string of the molecule is [2H]C([2H])([2H])N1CN(c2[c-]c(C3(c4[c-]c5c(cc4)c4ccccc4n5-c4cc(-c5ccccc5-c5ccccc5)ccn4)c4ccccc4-c4ccccc43)ccc2)c2ccccc21.[Pt+2]. The Balaban J connectivity index is 0.00000456. The molecule has 0 spiro atoms. The van der Waals surface area contributed by atoms with E-state index in [4.69, 9.17) is 9.10 Å². The Morgan fingerprint density at radius 3 is 1.95 bits per heavy atom. The monoisotopic (exact) mass is 964 g/mol. The fourth-order valence-corrected chi connectivity index (χ4v) is 9.88. The van der Waals surface area contributed by atoms with Crippen molar-refractivity contribution in [1.82, 2.24) is 9.55 Å². The van der Waals surface area contributed by atoms with Gasteiger partial charge in [-0.05, 0) is 80.2 Å². The summed E-state index contributed by atoms with van der Waals surface area (Å²) in [5.74, 6) is 0.802. The zero-order valence-corrected chi connectivity index (χ0v) is 35.1. The second-order valence-corrected chi connectivity index (χ2v) is 15.6. The molecule has 0 fully saturated rings. The van der Waals surface area contributed by atoms with Gasteiger partial charge < -0.3 is 14.4 Å². The second-order valence-electron chi connectivity index (χ2n) is 15.6. The molecule has 0 amide bonds. The summed E-state index contributed by atoms with van der Waals surface area (Å²) in [7, 11) is 0. The van der Waals surface area contributed by atoms with Gasteiger partial charge in [0.2, 0.25) is 0 Å². The first-order valence-corrected chi connectivity index (χ1v) is 20.3. The van der Waals surface area contributed by atoms with Crippen molar-refractivity contribution < 1.29 is 25.2 Å². The van der Waals surface area contributed by atoms with Crippen LogP contribution in [0.15, 0.2) is 200 Å². The Morgan fingerprint density at radius 2 is 1.18 bits per heavy atom. The van der Waals surface area contributed by atoms with Crippen molar-refractivity contribution in [2.24, 2.45) is 0 Å². The minimum Gasteiger partial charge on any atom is -0.355 e. The van der Waals surface area contributed by atoms with Gasteiger partial charge in [-0.25, -0.2) is 4.98 Å². The summed E-state index contributed by atoms with van der Waals surface area (Å²) < 4.78 is 27.4. The number of aromatic nitrogens is 2. The van der Waals surface area contributed by atoms with Gasteiger partial charge in [0.15, 0.2) is 0 Å². The molecule has 2 aromatic heterocycles. The Labute approximate surface area is 374 Å². The van der Waals surface area contributed by atoms with Crippen molar-refractivity contribution in [2.45, 2.75) is 5.41 Å². The van der Waals surface area contributed by atoms with Crippen LogP contribution in [0.25, 0.3) is 61.0 Å². The molecule has 0 radical (unpaired) electrons. The first-order chi connectivity index (χ1) is 30.9. The largest absolute Gasteiger partial charge is 2.00 e. The summed E-state index contributed by atoms with van der Waals surface area (Å²) in [6.45, 7) is -2.13. The molecule has 10 aromatic rings. The maximum Gasteiger partial charge on any atom is 2.00 e. The van der Waals surface area contributed by atoms with Crippen LogP contribution in [-0.4, -0.2) is 23.2 Å². The number of anilines is 3. The van der Waals surface area contributed by atoms with Gasteiger partial charge in [-0.1, -0.05) is 145 Å². The van der Waals surface area contributed by atoms with Crippen LogP contribution in [0.5, 0.6) is 0 Å². The molecule has 0 unspecified atom stereocenters. The van der Waals surface area contributed by atoms with Crippen molar-refractivity contribution in [2.75, 3.05) is 23.4 Å². The standard InChI is InChI=1S/C56H38N4.Pt/c1-58-37-59(53-29-14-13-28-52(53)58)42-19-15-18-40(35-42)56(49-25-10-7-22-45(49)46-23-8-11-26-50(46)56)41-30-31-48-47-24-9-12-27-51(47)60(54(48)36-41)55-34-39(32-33-57-55)44-21-6-5-20-43(44)38-16-3-2-4-17-38;/h2-34H,37H2,1H3;/q-2;+2/i1D3;. The quantitative estimate of drug-likeness (QED) is 0.155. The predicted molar refractivity (Wildman–Crippen MR) is 246 cm³/mol. The molecule has 1 aliphatic heterocycles. The van der Waals surface area contributed by atoms with Gasteiger partial charge in [0.1, 0.15) is 5.82 Å². The Kier molecular flexibility index (Phi) is 8.10. The average molecular weight is 965 g/mol. The number of para-hydroxylation sites is 3. The van der Waals surface area contributed by atoms with Crippen LogP contribution in [0.3, 0.4) is 0 Å². The number of fused-ring (bicyclic) bond motifs is 7. The molecule has 5 heteroatoms. The van der Waals surface area contributed by atoms with Crippen LogP contribution in [0.1, 0.15) is 26.4 Å². The van der Waals surface area contributed by atoms with E-state index >= 15 is 0 Å². The van der Waals surface area contributed by atoms with Gasteiger partial charge in [0.05, 0.1) is 18.0 Å². The topological polar surface area (TPSA) is 24.3 Å². The van der Waals surface area contributed by atoms with E-state index in [2.05, 4.69) is 179 Å². The van der Waals surface area contributed by atoms with Gasteiger partial charge in [-0.2, -0.15) is 36.4 Å². The minimum atomic E-state index is -2.31. The van der Waals surface area contributed by atoms with E-state index in [1.54, 1.807) is 0 Å². The Bertz CT molecular complexity index is 3370. The molecule has 0 atom stereocenters. The van der Waals surface area contributed by atoms with Crippen LogP contribution >= 0.6 is 0 Å². The molecule has 292 valence electrons. The Morgan fingerprint density at radius 1 is 0.541 bits per heavy atom. The van der Waals surface area contributed by atoms with E-state index in [0.29, 0.717) is 5.69 Å². The minimum absolute atomic E-state index is 0. The Hall–Kier alpha value is -7.00. The van der Waals surface area contributed by atoms with E-state index < -0.39 is 12.4 Å². The van der Waals surface area contributed by atoms with Crippen LogP contribution in [0, 0.1) is 12.1 Å². The van der Waals surface area contributed by atoms with Gasteiger partial charge >= 0.3 is 21.1 Å². The first-order valence-electron chi connectivity index (χ1n) is 21.8. The van der Waals surface area contributed by atoms with E-state index in [1.807, 2.05) is 42.6 Å². The second kappa shape index (κ2) is 14.6. The van der Waals surface area contributed by atoms with Gasteiger partial charge in [-0.15, -0.1) is 22.6 Å². The van der Waals surface area contributed by atoms with Crippen LogP contribution in [0.2, 0.25) is 0 Å². The van der Waals surface area contributed by atoms with Crippen molar-refractivity contribution in [3.05, 3.63) is 235 Å². The van der Waals surface area contributed by atoms with Crippen LogP contribution in [0.4, 0.5) is 17.1 Å². The summed E-state index contributed by atoms with van der Waals surface area (Å²) in [6.07, 6.45) is 1.91. The third kappa shape index (κ3) is 5.59. The van der Waals surface area contributed by atoms with Crippen molar-refractivity contribution >= 4 is 38.9 Å². The van der Waals surface area contributed by atoms with Gasteiger partial charge in [0, 0.05) is 28.2 Å². The molecule has 2 aliphatic rings. The van der Waals surface area contributed by atoms with Crippen molar-refractivity contribution in [3.63, 3.8) is 0 Å². The third-order valence-corrected chi connectivity index (χ3v) is 12.5. The smallest absolute Gasteiger partial charge is 0.355 e. The molecule has 0 saturated carbocycles. The molecule has 12 rings (SSSR count). The van der Waals surface area contributed by atoms with Crippen molar-refractivity contribution in [1.29, 1.82) is 0 Å². The summed E-state index contributed by atoms with van der Waals surface area (Å²) in [5, 5.41) is 2.20. The zero-order valence-electron chi connectivity index (χ0n) is 35.9. The zero-order chi connectivity index (χ0) is 42.3. The van der Waals surface area contributed by atoms with Gasteiger partial charge in [0.25, 0.3) is 0 Å². The maximum absolute atomic E-state index is 8.39. The summed E-state index contributed by atoms with van der Waals surface area (Å²) >= 11 is 0. The number of nitrogens with zero attached hydrogens (tertiary/aromatic N) is 4. The van der Waals surface area contributed by atoms with E-state index in [1.165, 1.54) is 4.90 Å². The first kappa shape index (κ1) is 33.8. The number of hydrogen-bond donors (Lipinski definition) is 0. The normalized spacial score (nSPS) is 14.5. The molecule has 0 N–H and O–H groups in total. The van der Waals surface area contributed by atoms with Crippen LogP contribution in [-0.2, 0) is 26.5 Å². The van der Waals surface area contributed by atoms with Crippen molar-refractivity contribution in [3.8, 4) is 39.2 Å². The van der Waals surface area contributed by atoms with Crippen LogP contribution < -0.4 is 9.80 Å². The number of benzene rings is 8. The fraction of sp³-hybridized carbons (Fsp3) is 0.0536. The number of rotatable bonds is 6. The molecule has 3 heterocycles. The third-order valence-electron chi connectivity index (χ3n) is 12.5. The molecule has 8 aromatic carbocycles. The van der Waals surface area contributed by atoms with Gasteiger partial charge in [-0.3, -0.25) is 0 Å². The molecular formula is C56H38N4Pt. The predicted octanol–water partition coefficient (Wildman–Crippen LogP) is 13.0. The molecule has 1 aliphatic carbocycles. The summed E-state index contributed by atoms with van der Waals surface area (Å²) in [4.78, 5) is 8.62. The molecule has 0 bridgehead atoms. The molecule has 4 nitrogen and oxygen atoms in total. The summed E-state index contributed by atoms with van der Waals surface area (Å²) in [6, 6.07) is 75.7. The fourth-order valence-electron chi connectivity index (χ4n) is 9.88. The van der Waals surface area contributed by atoms with E-state index in [0.717, 1.165) is 94.6 Å². The maximum atomic E-state index is 8.39. The number of hydrogen-bond acceptors (Lipinski definition) is 3.